The maximum absolute atomic E-state index is 13.6. The van der Waals surface area contributed by atoms with Gasteiger partial charge in [-0.2, -0.15) is 0 Å². The van der Waals surface area contributed by atoms with Crippen molar-refractivity contribution in [1.29, 1.82) is 0 Å². The van der Waals surface area contributed by atoms with E-state index >= 15 is 0 Å². The van der Waals surface area contributed by atoms with Gasteiger partial charge in [0.2, 0.25) is 0 Å². The highest BCUT2D eigenvalue weighted by atomic mass is 19.1. The molecule has 0 aliphatic carbocycles. The predicted octanol–water partition coefficient (Wildman–Crippen LogP) is 3.91. The van der Waals surface area contributed by atoms with E-state index in [1.807, 2.05) is 6.07 Å². The highest BCUT2D eigenvalue weighted by Gasteiger charge is 2.08. The van der Waals surface area contributed by atoms with E-state index in [4.69, 9.17) is 9.47 Å². The molecule has 0 bridgehead atoms. The average Bonchev–Trinajstić information content (AvgIpc) is 2.54. The summed E-state index contributed by atoms with van der Waals surface area (Å²) in [4.78, 5) is 2.17. The van der Waals surface area contributed by atoms with Crippen molar-refractivity contribution in [3.63, 3.8) is 0 Å². The summed E-state index contributed by atoms with van der Waals surface area (Å²) in [6, 6.07) is 12.5. The van der Waals surface area contributed by atoms with Crippen LogP contribution in [0.25, 0.3) is 0 Å². The number of halogens is 1. The first-order valence-corrected chi connectivity index (χ1v) is 7.78. The van der Waals surface area contributed by atoms with Crippen LogP contribution in [-0.4, -0.2) is 32.6 Å². The van der Waals surface area contributed by atoms with Crippen LogP contribution >= 0.6 is 0 Å². The third-order valence-electron chi connectivity index (χ3n) is 3.64. The number of benzene rings is 2. The van der Waals surface area contributed by atoms with Crippen molar-refractivity contribution >= 4 is 0 Å². The number of aryl methyl sites for hydroxylation is 1. The molecule has 0 fully saturated rings. The smallest absolute Gasteiger partial charge is 0.165 e. The molecule has 0 aliphatic heterocycles. The lowest BCUT2D eigenvalue weighted by Gasteiger charge is -2.13. The fourth-order valence-corrected chi connectivity index (χ4v) is 2.42. The van der Waals surface area contributed by atoms with Crippen LogP contribution in [0.15, 0.2) is 42.5 Å². The molecule has 0 spiro atoms. The summed E-state index contributed by atoms with van der Waals surface area (Å²) in [5, 5.41) is 0. The summed E-state index contributed by atoms with van der Waals surface area (Å²) in [6.45, 7) is 1.33. The number of ether oxygens (including phenoxy) is 2. The Hall–Kier alpha value is -2.07. The summed E-state index contributed by atoms with van der Waals surface area (Å²) < 4.78 is 24.6. The van der Waals surface area contributed by atoms with Crippen molar-refractivity contribution < 1.29 is 13.9 Å². The number of hydrogen-bond donors (Lipinski definition) is 0. The van der Waals surface area contributed by atoms with Crippen molar-refractivity contribution in [1.82, 2.24) is 4.90 Å². The first-order valence-electron chi connectivity index (χ1n) is 7.78. The van der Waals surface area contributed by atoms with Gasteiger partial charge in [-0.15, -0.1) is 0 Å². The van der Waals surface area contributed by atoms with Gasteiger partial charge in [-0.3, -0.25) is 0 Å². The Morgan fingerprint density at radius 3 is 2.52 bits per heavy atom. The van der Waals surface area contributed by atoms with Gasteiger partial charge >= 0.3 is 0 Å². The van der Waals surface area contributed by atoms with E-state index < -0.39 is 0 Å². The summed E-state index contributed by atoms with van der Waals surface area (Å²) in [6.07, 6.45) is 2.09. The zero-order valence-electron chi connectivity index (χ0n) is 14.0. The summed E-state index contributed by atoms with van der Waals surface area (Å²) in [5.41, 5.74) is 2.16. The monoisotopic (exact) mass is 317 g/mol. The molecule has 0 unspecified atom stereocenters. The lowest BCUT2D eigenvalue weighted by Crippen LogP contribution is -2.13. The van der Waals surface area contributed by atoms with Crippen LogP contribution in [0.4, 0.5) is 4.39 Å². The van der Waals surface area contributed by atoms with Crippen molar-refractivity contribution in [2.75, 3.05) is 27.7 Å². The second-order valence-electron chi connectivity index (χ2n) is 5.77. The van der Waals surface area contributed by atoms with Crippen LogP contribution in [0.5, 0.6) is 11.5 Å². The lowest BCUT2D eigenvalue weighted by molar-refractivity contribution is 0.282. The Labute approximate surface area is 137 Å². The van der Waals surface area contributed by atoms with Gasteiger partial charge in [0.25, 0.3) is 0 Å². The van der Waals surface area contributed by atoms with E-state index in [0.717, 1.165) is 30.7 Å². The fourth-order valence-electron chi connectivity index (χ4n) is 2.42. The van der Waals surface area contributed by atoms with Crippen LogP contribution in [-0.2, 0) is 13.0 Å². The molecule has 0 aliphatic rings. The summed E-state index contributed by atoms with van der Waals surface area (Å²) >= 11 is 0. The third-order valence-corrected chi connectivity index (χ3v) is 3.64. The van der Waals surface area contributed by atoms with E-state index in [1.54, 1.807) is 25.3 Å². The van der Waals surface area contributed by atoms with Gasteiger partial charge in [0.1, 0.15) is 12.4 Å². The standard InChI is InChI=1S/C19H24FNO2/c1-21(2)12-6-7-15-10-11-18(22-3)16(13-15)14-23-19-9-5-4-8-17(19)20/h4-5,8-11,13H,6-7,12,14H2,1-3H3. The molecular formula is C19H24FNO2. The molecule has 0 radical (unpaired) electrons. The largest absolute Gasteiger partial charge is 0.496 e. The Morgan fingerprint density at radius 2 is 1.83 bits per heavy atom. The molecule has 4 heteroatoms. The fraction of sp³-hybridized carbons (Fsp3) is 0.368. The molecule has 2 rings (SSSR count). The van der Waals surface area contributed by atoms with Gasteiger partial charge in [-0.25, -0.2) is 4.39 Å². The number of methoxy groups -OCH3 is 1. The number of rotatable bonds is 8. The van der Waals surface area contributed by atoms with E-state index in [1.165, 1.54) is 11.6 Å². The zero-order chi connectivity index (χ0) is 16.7. The van der Waals surface area contributed by atoms with Gasteiger partial charge in [0, 0.05) is 5.56 Å². The van der Waals surface area contributed by atoms with E-state index in [2.05, 4.69) is 31.1 Å². The molecular weight excluding hydrogens is 293 g/mol. The molecule has 0 saturated heterocycles. The summed E-state index contributed by atoms with van der Waals surface area (Å²) in [5.74, 6) is 0.666. The van der Waals surface area contributed by atoms with Crippen molar-refractivity contribution in [3.8, 4) is 11.5 Å². The molecule has 23 heavy (non-hydrogen) atoms. The van der Waals surface area contributed by atoms with Gasteiger partial charge in [-0.05, 0) is 63.3 Å². The quantitative estimate of drug-likeness (QED) is 0.737. The van der Waals surface area contributed by atoms with Gasteiger partial charge in [0.05, 0.1) is 7.11 Å². The second-order valence-corrected chi connectivity index (χ2v) is 5.77. The van der Waals surface area contributed by atoms with Gasteiger partial charge < -0.3 is 14.4 Å². The van der Waals surface area contributed by atoms with Crippen LogP contribution in [0.2, 0.25) is 0 Å². The Bertz CT molecular complexity index is 629. The lowest BCUT2D eigenvalue weighted by atomic mass is 10.1. The highest BCUT2D eigenvalue weighted by Crippen LogP contribution is 2.24. The Kier molecular flexibility index (Phi) is 6.41. The third kappa shape index (κ3) is 5.25. The Balaban J connectivity index is 2.05. The van der Waals surface area contributed by atoms with Crippen LogP contribution < -0.4 is 9.47 Å². The van der Waals surface area contributed by atoms with E-state index in [-0.39, 0.29) is 18.2 Å². The maximum atomic E-state index is 13.6. The molecule has 124 valence electrons. The predicted molar refractivity (Wildman–Crippen MR) is 90.6 cm³/mol. The highest BCUT2D eigenvalue weighted by molar-refractivity contribution is 5.37. The SMILES string of the molecule is COc1ccc(CCCN(C)C)cc1COc1ccccc1F. The molecule has 0 N–H and O–H groups in total. The van der Waals surface area contributed by atoms with Crippen LogP contribution in [0, 0.1) is 5.82 Å². The average molecular weight is 317 g/mol. The van der Waals surface area contributed by atoms with Crippen LogP contribution in [0.3, 0.4) is 0 Å². The maximum Gasteiger partial charge on any atom is 0.165 e. The minimum absolute atomic E-state index is 0.257. The minimum atomic E-state index is -0.353. The molecule has 0 amide bonds. The second kappa shape index (κ2) is 8.53. The first-order chi connectivity index (χ1) is 11.1. The molecule has 2 aromatic carbocycles. The molecule has 0 aromatic heterocycles. The normalized spacial score (nSPS) is 10.8. The van der Waals surface area contributed by atoms with Gasteiger partial charge in [-0.1, -0.05) is 18.2 Å². The summed E-state index contributed by atoms with van der Waals surface area (Å²) in [7, 11) is 5.77. The van der Waals surface area contributed by atoms with Crippen molar-refractivity contribution in [2.24, 2.45) is 0 Å². The molecule has 0 atom stereocenters. The molecule has 3 nitrogen and oxygen atoms in total. The topological polar surface area (TPSA) is 21.7 Å². The van der Waals surface area contributed by atoms with E-state index in [0.29, 0.717) is 0 Å². The van der Waals surface area contributed by atoms with Crippen molar-refractivity contribution in [2.45, 2.75) is 19.4 Å². The minimum Gasteiger partial charge on any atom is -0.496 e. The Morgan fingerprint density at radius 1 is 1.04 bits per heavy atom. The molecule has 0 saturated carbocycles. The number of hydrogen-bond acceptors (Lipinski definition) is 3. The molecule has 0 heterocycles. The molecule has 2 aromatic rings. The number of nitrogens with zero attached hydrogens (tertiary/aromatic N) is 1. The van der Waals surface area contributed by atoms with Crippen molar-refractivity contribution in [3.05, 3.63) is 59.4 Å². The number of para-hydroxylation sites is 1. The first kappa shape index (κ1) is 17.3. The zero-order valence-corrected chi connectivity index (χ0v) is 14.0. The van der Waals surface area contributed by atoms with Gasteiger partial charge in [0.15, 0.2) is 11.6 Å². The van der Waals surface area contributed by atoms with Crippen LogP contribution in [0.1, 0.15) is 17.5 Å². The van der Waals surface area contributed by atoms with E-state index in [9.17, 15) is 4.39 Å².